The molecule has 56 valence electrons. The average Bonchev–Trinajstić information content (AvgIpc) is 1.59. The standard InChI is InChI=1S/C9H12.H3N/c1-7-4-8(2)6-9(3)5-7;/h4-6H,1-3H3;1H3. The summed E-state index contributed by atoms with van der Waals surface area (Å²) >= 11 is 0. The molecule has 3 N–H and O–H groups in total. The second-order valence-corrected chi connectivity index (χ2v) is 2.67. The van der Waals surface area contributed by atoms with Gasteiger partial charge in [-0.05, 0) is 20.8 Å². The highest BCUT2D eigenvalue weighted by Crippen LogP contribution is 2.06. The summed E-state index contributed by atoms with van der Waals surface area (Å²) in [6.45, 7) is 6.38. The summed E-state index contributed by atoms with van der Waals surface area (Å²) in [6, 6.07) is 6.56. The molecule has 0 aliphatic heterocycles. The second kappa shape index (κ2) is 3.37. The third kappa shape index (κ3) is 2.19. The summed E-state index contributed by atoms with van der Waals surface area (Å²) in [6.07, 6.45) is 0. The monoisotopic (exact) mass is 137 g/mol. The predicted molar refractivity (Wildman–Crippen MR) is 45.7 cm³/mol. The maximum absolute atomic E-state index is 2.19. The van der Waals surface area contributed by atoms with Crippen LogP contribution in [-0.2, 0) is 0 Å². The maximum atomic E-state index is 2.19. The Morgan fingerprint density at radius 1 is 0.700 bits per heavy atom. The Kier molecular flexibility index (Phi) is 3.10. The first-order valence-electron chi connectivity index (χ1n) is 3.23. The second-order valence-electron chi connectivity index (χ2n) is 2.67. The van der Waals surface area contributed by atoms with E-state index in [0.29, 0.717) is 0 Å². The highest BCUT2D eigenvalue weighted by atomic mass is 14.0. The average molecular weight is 137 g/mol. The van der Waals surface area contributed by atoms with E-state index in [2.05, 4.69) is 39.0 Å². The van der Waals surface area contributed by atoms with Gasteiger partial charge in [0, 0.05) is 0 Å². The van der Waals surface area contributed by atoms with E-state index in [1.54, 1.807) is 0 Å². The zero-order valence-electron chi connectivity index (χ0n) is 6.94. The van der Waals surface area contributed by atoms with Crippen molar-refractivity contribution in [2.75, 3.05) is 0 Å². The van der Waals surface area contributed by atoms with Crippen molar-refractivity contribution in [1.29, 1.82) is 0 Å². The van der Waals surface area contributed by atoms with E-state index in [0.717, 1.165) is 0 Å². The van der Waals surface area contributed by atoms with Crippen LogP contribution in [0.25, 0.3) is 0 Å². The molecule has 0 unspecified atom stereocenters. The molecule has 0 aliphatic carbocycles. The highest BCUT2D eigenvalue weighted by Gasteiger charge is 1.87. The van der Waals surface area contributed by atoms with Crippen LogP contribution in [0, 0.1) is 20.8 Å². The van der Waals surface area contributed by atoms with Gasteiger partial charge in [0.25, 0.3) is 0 Å². The van der Waals surface area contributed by atoms with Crippen LogP contribution >= 0.6 is 0 Å². The first-order valence-corrected chi connectivity index (χ1v) is 3.23. The molecular formula is C9H15N. The molecular weight excluding hydrogens is 122 g/mol. The molecule has 1 rings (SSSR count). The molecule has 0 aliphatic rings. The van der Waals surface area contributed by atoms with E-state index in [4.69, 9.17) is 0 Å². The quantitative estimate of drug-likeness (QED) is 0.586. The third-order valence-electron chi connectivity index (χ3n) is 1.37. The molecule has 1 aromatic carbocycles. The molecule has 0 radical (unpaired) electrons. The summed E-state index contributed by atoms with van der Waals surface area (Å²) in [5.41, 5.74) is 4.06. The molecule has 1 aromatic rings. The van der Waals surface area contributed by atoms with Crippen molar-refractivity contribution in [2.24, 2.45) is 0 Å². The molecule has 0 heterocycles. The van der Waals surface area contributed by atoms with E-state index in [-0.39, 0.29) is 6.15 Å². The Labute approximate surface area is 62.7 Å². The van der Waals surface area contributed by atoms with E-state index >= 15 is 0 Å². The van der Waals surface area contributed by atoms with Crippen molar-refractivity contribution in [3.8, 4) is 0 Å². The van der Waals surface area contributed by atoms with Crippen molar-refractivity contribution >= 4 is 0 Å². The summed E-state index contributed by atoms with van der Waals surface area (Å²) in [5, 5.41) is 0. The van der Waals surface area contributed by atoms with E-state index in [1.807, 2.05) is 0 Å². The van der Waals surface area contributed by atoms with Gasteiger partial charge in [-0.25, -0.2) is 0 Å². The van der Waals surface area contributed by atoms with Crippen LogP contribution in [0.15, 0.2) is 18.2 Å². The number of hydrogen-bond acceptors (Lipinski definition) is 1. The molecule has 1 heteroatoms. The Hall–Kier alpha value is -0.820. The number of benzene rings is 1. The molecule has 10 heavy (non-hydrogen) atoms. The van der Waals surface area contributed by atoms with Crippen molar-refractivity contribution in [1.82, 2.24) is 6.15 Å². The molecule has 0 aromatic heterocycles. The molecule has 0 atom stereocenters. The summed E-state index contributed by atoms with van der Waals surface area (Å²) < 4.78 is 0. The van der Waals surface area contributed by atoms with Gasteiger partial charge in [0.2, 0.25) is 0 Å². The van der Waals surface area contributed by atoms with Crippen molar-refractivity contribution in [3.05, 3.63) is 34.9 Å². The van der Waals surface area contributed by atoms with Gasteiger partial charge in [-0.3, -0.25) is 0 Å². The minimum Gasteiger partial charge on any atom is -0.344 e. The fourth-order valence-electron chi connectivity index (χ4n) is 1.20. The molecule has 0 bridgehead atoms. The lowest BCUT2D eigenvalue weighted by Gasteiger charge is -1.96. The summed E-state index contributed by atoms with van der Waals surface area (Å²) in [4.78, 5) is 0. The van der Waals surface area contributed by atoms with Crippen LogP contribution in [0.1, 0.15) is 16.7 Å². The lowest BCUT2D eigenvalue weighted by molar-refractivity contribution is 1.32. The smallest absolute Gasteiger partial charge is 0.0398 e. The minimum absolute atomic E-state index is 0. The molecule has 0 amide bonds. The highest BCUT2D eigenvalue weighted by molar-refractivity contribution is 5.27. The van der Waals surface area contributed by atoms with Gasteiger partial charge in [0.1, 0.15) is 0 Å². The van der Waals surface area contributed by atoms with Gasteiger partial charge >= 0.3 is 0 Å². The van der Waals surface area contributed by atoms with Gasteiger partial charge in [0.05, 0.1) is 0 Å². The molecule has 0 saturated heterocycles. The zero-order valence-corrected chi connectivity index (χ0v) is 6.94. The van der Waals surface area contributed by atoms with Crippen LogP contribution in [-0.4, -0.2) is 0 Å². The van der Waals surface area contributed by atoms with Crippen LogP contribution in [0.3, 0.4) is 0 Å². The lowest BCUT2D eigenvalue weighted by Crippen LogP contribution is -1.78. The summed E-state index contributed by atoms with van der Waals surface area (Å²) in [5.74, 6) is 0. The minimum atomic E-state index is 0. The number of hydrogen-bond donors (Lipinski definition) is 1. The Morgan fingerprint density at radius 2 is 0.900 bits per heavy atom. The molecule has 0 saturated carbocycles. The molecule has 0 fully saturated rings. The van der Waals surface area contributed by atoms with Crippen molar-refractivity contribution in [3.63, 3.8) is 0 Å². The topological polar surface area (TPSA) is 35.0 Å². The first kappa shape index (κ1) is 9.18. The van der Waals surface area contributed by atoms with Crippen LogP contribution in [0.4, 0.5) is 0 Å². The third-order valence-corrected chi connectivity index (χ3v) is 1.37. The first-order chi connectivity index (χ1) is 4.18. The van der Waals surface area contributed by atoms with E-state index in [1.165, 1.54) is 16.7 Å². The zero-order chi connectivity index (χ0) is 6.85. The van der Waals surface area contributed by atoms with Crippen LogP contribution < -0.4 is 6.15 Å². The fourth-order valence-corrected chi connectivity index (χ4v) is 1.20. The Balaban J connectivity index is 0.000000810. The summed E-state index contributed by atoms with van der Waals surface area (Å²) in [7, 11) is 0. The van der Waals surface area contributed by atoms with Crippen LogP contribution in [0.5, 0.6) is 0 Å². The van der Waals surface area contributed by atoms with E-state index in [9.17, 15) is 0 Å². The largest absolute Gasteiger partial charge is 0.344 e. The normalized spacial score (nSPS) is 8.70. The fraction of sp³-hybridized carbons (Fsp3) is 0.333. The van der Waals surface area contributed by atoms with Crippen molar-refractivity contribution in [2.45, 2.75) is 20.8 Å². The van der Waals surface area contributed by atoms with E-state index < -0.39 is 0 Å². The number of aryl methyl sites for hydroxylation is 3. The molecule has 1 nitrogen and oxygen atoms in total. The van der Waals surface area contributed by atoms with Gasteiger partial charge < -0.3 is 6.15 Å². The predicted octanol–water partition coefficient (Wildman–Crippen LogP) is 2.77. The van der Waals surface area contributed by atoms with Gasteiger partial charge in [-0.2, -0.15) is 0 Å². The lowest BCUT2D eigenvalue weighted by atomic mass is 10.1. The van der Waals surface area contributed by atoms with Crippen LogP contribution in [0.2, 0.25) is 0 Å². The van der Waals surface area contributed by atoms with Crippen molar-refractivity contribution < 1.29 is 0 Å². The van der Waals surface area contributed by atoms with Gasteiger partial charge in [-0.15, -0.1) is 0 Å². The number of rotatable bonds is 0. The Bertz CT molecular complexity index is 165. The Morgan fingerprint density at radius 3 is 1.10 bits per heavy atom. The maximum Gasteiger partial charge on any atom is -0.0398 e. The SMILES string of the molecule is Cc1cc(C)cc(C)c1.N. The van der Waals surface area contributed by atoms with Gasteiger partial charge in [0.15, 0.2) is 0 Å². The molecule has 0 spiro atoms. The van der Waals surface area contributed by atoms with Gasteiger partial charge in [-0.1, -0.05) is 34.9 Å².